The minimum Gasteiger partial charge on any atom is -0.476 e. The maximum Gasteiger partial charge on any atom is 0.349 e. The molecule has 4 aromatic rings. The van der Waals surface area contributed by atoms with E-state index in [1.165, 1.54) is 49.3 Å². The van der Waals surface area contributed by atoms with E-state index in [0.29, 0.717) is 11.5 Å². The molecule has 7 nitrogen and oxygen atoms in total. The maximum atomic E-state index is 11.8. The first-order chi connectivity index (χ1) is 25.2. The summed E-state index contributed by atoms with van der Waals surface area (Å²) in [6, 6.07) is 31.9. The van der Waals surface area contributed by atoms with Crippen LogP contribution in [0.4, 0.5) is 0 Å². The molecule has 0 amide bonds. The van der Waals surface area contributed by atoms with Gasteiger partial charge in [-0.3, -0.25) is 0 Å². The van der Waals surface area contributed by atoms with Crippen molar-refractivity contribution in [3.05, 3.63) is 129 Å². The van der Waals surface area contributed by atoms with Crippen LogP contribution in [-0.4, -0.2) is 62.4 Å². The minimum absolute atomic E-state index is 0.226. The smallest absolute Gasteiger partial charge is 0.349 e. The van der Waals surface area contributed by atoms with E-state index in [-0.39, 0.29) is 11.9 Å². The van der Waals surface area contributed by atoms with E-state index in [4.69, 9.17) is 42.1 Å². The number of unbranched alkanes of at least 4 members (excludes halogenated alkanes) is 1. The quantitative estimate of drug-likeness (QED) is 0.0991. The molecule has 0 saturated heterocycles. The molecule has 0 aliphatic heterocycles. The van der Waals surface area contributed by atoms with Crippen molar-refractivity contribution in [3.8, 4) is 11.5 Å². The number of rotatable bonds is 17. The molecule has 9 heteroatoms. The summed E-state index contributed by atoms with van der Waals surface area (Å²) >= 11 is 12.2. The zero-order valence-electron chi connectivity index (χ0n) is 32.4. The Morgan fingerprint density at radius 3 is 1.36 bits per heavy atom. The van der Waals surface area contributed by atoms with Gasteiger partial charge in [0, 0.05) is 22.5 Å². The van der Waals surface area contributed by atoms with E-state index in [2.05, 4.69) is 43.1 Å². The lowest BCUT2D eigenvalue weighted by molar-refractivity contribution is -0.156. The summed E-state index contributed by atoms with van der Waals surface area (Å²) in [6.45, 7) is 10.8. The van der Waals surface area contributed by atoms with Crippen molar-refractivity contribution >= 4 is 35.1 Å². The summed E-state index contributed by atoms with van der Waals surface area (Å²) in [5, 5.41) is 1.48. The minimum atomic E-state index is -1.02. The van der Waals surface area contributed by atoms with Gasteiger partial charge in [-0.2, -0.15) is 0 Å². The second-order valence-corrected chi connectivity index (χ2v) is 15.0. The summed E-state index contributed by atoms with van der Waals surface area (Å²) in [7, 11) is 4.88. The zero-order chi connectivity index (χ0) is 39.0. The van der Waals surface area contributed by atoms with Gasteiger partial charge in [-0.25, -0.2) is 9.59 Å². The highest BCUT2D eigenvalue weighted by atomic mass is 35.5. The van der Waals surface area contributed by atoms with Crippen LogP contribution in [0.5, 0.6) is 11.5 Å². The Morgan fingerprint density at radius 1 is 0.623 bits per heavy atom. The first-order valence-electron chi connectivity index (χ1n) is 18.1. The molecule has 53 heavy (non-hydrogen) atoms. The number of hydrogen-bond acceptors (Lipinski definition) is 7. The summed E-state index contributed by atoms with van der Waals surface area (Å²) in [6.07, 6.45) is 5.44. The first kappa shape index (κ1) is 43.4. The van der Waals surface area contributed by atoms with Crippen LogP contribution >= 0.6 is 23.2 Å². The lowest BCUT2D eigenvalue weighted by Gasteiger charge is -2.25. The lowest BCUT2D eigenvalue weighted by Crippen LogP contribution is -2.39. The summed E-state index contributed by atoms with van der Waals surface area (Å²) < 4.78 is 20.9. The topological polar surface area (TPSA) is 74.3 Å². The van der Waals surface area contributed by atoms with E-state index in [0.717, 1.165) is 42.4 Å². The van der Waals surface area contributed by atoms with Crippen molar-refractivity contribution in [2.24, 2.45) is 0 Å². The molecule has 4 rings (SSSR count). The molecule has 0 atom stereocenters. The van der Waals surface area contributed by atoms with Crippen LogP contribution in [0.15, 0.2) is 97.1 Å². The fourth-order valence-electron chi connectivity index (χ4n) is 5.74. The molecule has 0 unspecified atom stereocenters. The van der Waals surface area contributed by atoms with E-state index in [1.54, 1.807) is 27.7 Å². The van der Waals surface area contributed by atoms with Crippen LogP contribution in [0, 0.1) is 0 Å². The predicted molar refractivity (Wildman–Crippen MR) is 216 cm³/mol. The van der Waals surface area contributed by atoms with Crippen LogP contribution in [0.3, 0.4) is 0 Å². The zero-order valence-corrected chi connectivity index (χ0v) is 33.9. The first-order valence-corrected chi connectivity index (χ1v) is 18.8. The molecule has 0 aromatic heterocycles. The Labute approximate surface area is 326 Å². The SMILES string of the molecule is CCCCc1ccc(OC(C)(C)C(=O)OC)cc1.COC(=O)C(C)(C)Oc1ccc(CCCN(C)CC(c2ccc(Cl)cc2)c2ccc(Cl)cc2)cc1. The highest BCUT2D eigenvalue weighted by molar-refractivity contribution is 6.30. The number of esters is 2. The third-order valence-electron chi connectivity index (χ3n) is 8.81. The normalized spacial score (nSPS) is 11.5. The number of methoxy groups -OCH3 is 2. The monoisotopic (exact) mass is 763 g/mol. The molecule has 0 heterocycles. The number of carbonyl (C=O) groups excluding carboxylic acids is 2. The molecular formula is C44H55Cl2NO6. The number of likely N-dealkylation sites (N-methyl/N-ethyl adjacent to an activating group) is 1. The van der Waals surface area contributed by atoms with Gasteiger partial charge in [0.1, 0.15) is 11.5 Å². The van der Waals surface area contributed by atoms with E-state index >= 15 is 0 Å². The molecule has 0 saturated carbocycles. The molecule has 0 spiro atoms. The van der Waals surface area contributed by atoms with Gasteiger partial charge in [0.15, 0.2) is 11.2 Å². The Morgan fingerprint density at radius 2 is 1.00 bits per heavy atom. The van der Waals surface area contributed by atoms with Crippen molar-refractivity contribution in [1.82, 2.24) is 4.90 Å². The van der Waals surface area contributed by atoms with Gasteiger partial charge in [0.2, 0.25) is 0 Å². The molecule has 286 valence electrons. The van der Waals surface area contributed by atoms with Crippen molar-refractivity contribution in [2.75, 3.05) is 34.4 Å². The van der Waals surface area contributed by atoms with Crippen LogP contribution < -0.4 is 9.47 Å². The molecule has 0 N–H and O–H groups in total. The standard InChI is InChI=1S/C29H33Cl2NO3.C15H22O3/c1-29(2,28(33)34-4)35-26-17-7-21(8-18-26)6-5-19-32(3)20-27(22-9-13-24(30)14-10-22)23-11-15-25(31)16-12-23;1-5-6-7-12-8-10-13(11-9-12)18-15(2,3)14(16)17-4/h7-18,27H,5-6,19-20H2,1-4H3;8-11H,5-7H2,1-4H3. The second-order valence-electron chi connectivity index (χ2n) is 14.1. The van der Waals surface area contributed by atoms with E-state index < -0.39 is 17.2 Å². The molecule has 0 fully saturated rings. The van der Waals surface area contributed by atoms with Gasteiger partial charge in [0.05, 0.1) is 14.2 Å². The van der Waals surface area contributed by atoms with E-state index in [9.17, 15) is 9.59 Å². The fourth-order valence-corrected chi connectivity index (χ4v) is 5.99. The maximum absolute atomic E-state index is 11.8. The van der Waals surface area contributed by atoms with Gasteiger partial charge in [0.25, 0.3) is 0 Å². The predicted octanol–water partition coefficient (Wildman–Crippen LogP) is 10.4. The summed E-state index contributed by atoms with van der Waals surface area (Å²) in [4.78, 5) is 25.7. The fraction of sp³-hybridized carbons (Fsp3) is 0.409. The van der Waals surface area contributed by atoms with Gasteiger partial charge in [-0.1, -0.05) is 85.1 Å². The van der Waals surface area contributed by atoms with Crippen LogP contribution in [0.2, 0.25) is 10.0 Å². The van der Waals surface area contributed by atoms with Crippen LogP contribution in [0.25, 0.3) is 0 Å². The van der Waals surface area contributed by atoms with Gasteiger partial charge < -0.3 is 23.8 Å². The Kier molecular flexibility index (Phi) is 17.2. The van der Waals surface area contributed by atoms with Crippen LogP contribution in [-0.2, 0) is 31.9 Å². The van der Waals surface area contributed by atoms with E-state index in [1.807, 2.05) is 72.8 Å². The number of carbonyl (C=O) groups is 2. The number of aryl methyl sites for hydroxylation is 2. The molecule has 0 radical (unpaired) electrons. The number of hydrogen-bond donors (Lipinski definition) is 0. The molecule has 0 aliphatic carbocycles. The highest BCUT2D eigenvalue weighted by Gasteiger charge is 2.32. The molecule has 0 bridgehead atoms. The molecule has 4 aromatic carbocycles. The average molecular weight is 765 g/mol. The summed E-state index contributed by atoms with van der Waals surface area (Å²) in [5.74, 6) is 0.780. The third-order valence-corrected chi connectivity index (χ3v) is 9.31. The van der Waals surface area contributed by atoms with Crippen molar-refractivity contribution in [2.45, 2.75) is 83.8 Å². The van der Waals surface area contributed by atoms with Crippen molar-refractivity contribution in [1.29, 1.82) is 0 Å². The highest BCUT2D eigenvalue weighted by Crippen LogP contribution is 2.28. The second kappa shape index (κ2) is 21.0. The van der Waals surface area contributed by atoms with Gasteiger partial charge in [-0.15, -0.1) is 0 Å². The Bertz CT molecular complexity index is 1640. The Hall–Kier alpha value is -4.04. The summed E-state index contributed by atoms with van der Waals surface area (Å²) in [5.41, 5.74) is 3.00. The number of ether oxygens (including phenoxy) is 4. The number of nitrogens with zero attached hydrogens (tertiary/aromatic N) is 1. The molecular weight excluding hydrogens is 709 g/mol. The average Bonchev–Trinajstić information content (AvgIpc) is 3.14. The van der Waals surface area contributed by atoms with Crippen molar-refractivity contribution in [3.63, 3.8) is 0 Å². The van der Waals surface area contributed by atoms with Gasteiger partial charge >= 0.3 is 11.9 Å². The van der Waals surface area contributed by atoms with Crippen molar-refractivity contribution < 1.29 is 28.5 Å². The third kappa shape index (κ3) is 14.4. The number of benzene rings is 4. The molecule has 0 aliphatic rings. The largest absolute Gasteiger partial charge is 0.476 e. The lowest BCUT2D eigenvalue weighted by atomic mass is 9.91. The van der Waals surface area contributed by atoms with Gasteiger partial charge in [-0.05, 0) is 138 Å². The van der Waals surface area contributed by atoms with Crippen LogP contribution in [0.1, 0.15) is 82.1 Å². The number of halogens is 2. The Balaban J connectivity index is 0.000000353.